The molecule has 0 radical (unpaired) electrons. The smallest absolute Gasteiger partial charge is 0.224 e. The Balaban J connectivity index is 1.61. The highest BCUT2D eigenvalue weighted by atomic mass is 16.5. The van der Waals surface area contributed by atoms with Crippen LogP contribution in [0.2, 0.25) is 0 Å². The maximum absolute atomic E-state index is 12.5. The first-order valence-electron chi connectivity index (χ1n) is 9.45. The van der Waals surface area contributed by atoms with Gasteiger partial charge in [0.05, 0.1) is 13.5 Å². The number of rotatable bonds is 6. The molecule has 5 heteroatoms. The normalized spacial score (nSPS) is 20.8. The maximum atomic E-state index is 12.5. The van der Waals surface area contributed by atoms with Crippen molar-refractivity contribution in [2.75, 3.05) is 40.0 Å². The van der Waals surface area contributed by atoms with Crippen LogP contribution in [0.3, 0.4) is 0 Å². The van der Waals surface area contributed by atoms with Gasteiger partial charge in [0.15, 0.2) is 0 Å². The van der Waals surface area contributed by atoms with Crippen LogP contribution in [-0.2, 0) is 16.0 Å². The highest BCUT2D eigenvalue weighted by Crippen LogP contribution is 2.30. The lowest BCUT2D eigenvalue weighted by Crippen LogP contribution is -2.59. The van der Waals surface area contributed by atoms with Crippen LogP contribution in [0.1, 0.15) is 37.7 Å². The van der Waals surface area contributed by atoms with Gasteiger partial charge in [0.2, 0.25) is 5.91 Å². The van der Waals surface area contributed by atoms with E-state index < -0.39 is 0 Å². The number of carbonyl (C=O) groups excluding carboxylic acids is 1. The lowest BCUT2D eigenvalue weighted by molar-refractivity contribution is -0.122. The van der Waals surface area contributed by atoms with Crippen molar-refractivity contribution >= 4 is 5.91 Å². The molecule has 1 N–H and O–H groups in total. The molecule has 2 heterocycles. The van der Waals surface area contributed by atoms with E-state index in [2.05, 4.69) is 10.2 Å². The molecule has 25 heavy (non-hydrogen) atoms. The number of carbonyl (C=O) groups is 1. The number of hydrogen-bond acceptors (Lipinski definition) is 4. The fourth-order valence-electron chi connectivity index (χ4n) is 4.07. The van der Waals surface area contributed by atoms with Gasteiger partial charge in [-0.1, -0.05) is 24.6 Å². The summed E-state index contributed by atoms with van der Waals surface area (Å²) in [6, 6.07) is 7.72. The fourth-order valence-corrected chi connectivity index (χ4v) is 4.07. The molecule has 2 fully saturated rings. The highest BCUT2D eigenvalue weighted by molar-refractivity contribution is 5.79. The van der Waals surface area contributed by atoms with Crippen molar-refractivity contribution in [3.63, 3.8) is 0 Å². The number of nitrogens with one attached hydrogen (secondary N) is 1. The molecule has 0 saturated carbocycles. The first-order valence-corrected chi connectivity index (χ1v) is 9.45. The molecule has 1 aromatic rings. The summed E-state index contributed by atoms with van der Waals surface area (Å²) in [5.41, 5.74) is 0.997. The van der Waals surface area contributed by atoms with E-state index in [0.717, 1.165) is 50.5 Å². The summed E-state index contributed by atoms with van der Waals surface area (Å²) in [7, 11) is 1.64. The average Bonchev–Trinajstić information content (AvgIpc) is 2.68. The van der Waals surface area contributed by atoms with E-state index in [-0.39, 0.29) is 11.4 Å². The van der Waals surface area contributed by atoms with E-state index in [1.807, 2.05) is 24.3 Å². The summed E-state index contributed by atoms with van der Waals surface area (Å²) in [5.74, 6) is 0.835. The summed E-state index contributed by atoms with van der Waals surface area (Å²) >= 11 is 0. The van der Waals surface area contributed by atoms with E-state index in [0.29, 0.717) is 13.0 Å². The summed E-state index contributed by atoms with van der Waals surface area (Å²) in [4.78, 5) is 15.1. The number of para-hydroxylation sites is 1. The zero-order valence-electron chi connectivity index (χ0n) is 15.3. The lowest BCUT2D eigenvalue weighted by atomic mass is 9.86. The zero-order valence-corrected chi connectivity index (χ0v) is 15.3. The van der Waals surface area contributed by atoms with Crippen molar-refractivity contribution in [3.8, 4) is 5.75 Å². The van der Waals surface area contributed by atoms with E-state index in [9.17, 15) is 4.79 Å². The van der Waals surface area contributed by atoms with Crippen molar-refractivity contribution < 1.29 is 14.3 Å². The Labute approximate surface area is 150 Å². The van der Waals surface area contributed by atoms with Crippen LogP contribution in [0, 0.1) is 0 Å². The molecule has 5 nitrogen and oxygen atoms in total. The van der Waals surface area contributed by atoms with Crippen LogP contribution in [0.5, 0.6) is 5.75 Å². The van der Waals surface area contributed by atoms with E-state index >= 15 is 0 Å². The van der Waals surface area contributed by atoms with Gasteiger partial charge in [-0.25, -0.2) is 0 Å². The minimum Gasteiger partial charge on any atom is -0.496 e. The molecule has 2 aliphatic heterocycles. The van der Waals surface area contributed by atoms with Crippen molar-refractivity contribution in [1.29, 1.82) is 0 Å². The number of ether oxygens (including phenoxy) is 2. The van der Waals surface area contributed by atoms with Gasteiger partial charge >= 0.3 is 0 Å². The molecule has 1 amide bonds. The number of benzene rings is 1. The average molecular weight is 346 g/mol. The second-order valence-electron chi connectivity index (χ2n) is 7.15. The van der Waals surface area contributed by atoms with Gasteiger partial charge in [-0.15, -0.1) is 0 Å². The number of nitrogens with zero attached hydrogens (tertiary/aromatic N) is 1. The Morgan fingerprint density at radius 2 is 1.92 bits per heavy atom. The number of methoxy groups -OCH3 is 1. The SMILES string of the molecule is COc1ccccc1CC(=O)NCC1(N2CCCCC2)CCOCC1. The van der Waals surface area contributed by atoms with Crippen LogP contribution >= 0.6 is 0 Å². The number of amides is 1. The van der Waals surface area contributed by atoms with Crippen LogP contribution in [0.15, 0.2) is 24.3 Å². The summed E-state index contributed by atoms with van der Waals surface area (Å²) < 4.78 is 10.9. The third-order valence-corrected chi connectivity index (χ3v) is 5.61. The van der Waals surface area contributed by atoms with E-state index in [1.54, 1.807) is 7.11 Å². The number of piperidine rings is 1. The zero-order chi connectivity index (χ0) is 17.5. The van der Waals surface area contributed by atoms with Gasteiger partial charge in [0.25, 0.3) is 0 Å². The third-order valence-electron chi connectivity index (χ3n) is 5.61. The van der Waals surface area contributed by atoms with E-state index in [1.165, 1.54) is 19.3 Å². The Hall–Kier alpha value is -1.59. The van der Waals surface area contributed by atoms with Gasteiger partial charge in [-0.05, 0) is 44.8 Å². The quantitative estimate of drug-likeness (QED) is 0.859. The van der Waals surface area contributed by atoms with Crippen molar-refractivity contribution in [2.24, 2.45) is 0 Å². The minimum atomic E-state index is 0.0624. The molecule has 3 rings (SSSR count). The Kier molecular flexibility index (Phi) is 6.32. The molecule has 0 aliphatic carbocycles. The van der Waals surface area contributed by atoms with Crippen LogP contribution in [-0.4, -0.2) is 56.3 Å². The third kappa shape index (κ3) is 4.53. The molecular weight excluding hydrogens is 316 g/mol. The van der Waals surface area contributed by atoms with Crippen LogP contribution in [0.4, 0.5) is 0 Å². The number of likely N-dealkylation sites (tertiary alicyclic amines) is 1. The maximum Gasteiger partial charge on any atom is 0.224 e. The first kappa shape index (κ1) is 18.2. The monoisotopic (exact) mass is 346 g/mol. The Morgan fingerprint density at radius 3 is 2.64 bits per heavy atom. The minimum absolute atomic E-state index is 0.0624. The standard InChI is InChI=1S/C20H30N2O3/c1-24-18-8-4-3-7-17(18)15-19(23)21-16-20(9-13-25-14-10-20)22-11-5-2-6-12-22/h3-4,7-8H,2,5-6,9-16H2,1H3,(H,21,23). The molecule has 2 aliphatic rings. The summed E-state index contributed by atoms with van der Waals surface area (Å²) in [5, 5.41) is 3.20. The predicted molar refractivity (Wildman–Crippen MR) is 97.9 cm³/mol. The lowest BCUT2D eigenvalue weighted by Gasteiger charge is -2.48. The molecule has 138 valence electrons. The summed E-state index contributed by atoms with van der Waals surface area (Å²) in [6.07, 6.45) is 6.21. The molecule has 0 spiro atoms. The molecular formula is C20H30N2O3. The van der Waals surface area contributed by atoms with Crippen molar-refractivity contribution in [3.05, 3.63) is 29.8 Å². The van der Waals surface area contributed by atoms with Gasteiger partial charge < -0.3 is 14.8 Å². The van der Waals surface area contributed by atoms with Crippen LogP contribution < -0.4 is 10.1 Å². The van der Waals surface area contributed by atoms with E-state index in [4.69, 9.17) is 9.47 Å². The molecule has 0 bridgehead atoms. The van der Waals surface area contributed by atoms with Gasteiger partial charge in [-0.2, -0.15) is 0 Å². The molecule has 1 aromatic carbocycles. The van der Waals surface area contributed by atoms with Gasteiger partial charge in [0.1, 0.15) is 5.75 Å². The Morgan fingerprint density at radius 1 is 1.20 bits per heavy atom. The molecule has 0 unspecified atom stereocenters. The predicted octanol–water partition coefficient (Wildman–Crippen LogP) is 2.39. The van der Waals surface area contributed by atoms with Crippen LogP contribution in [0.25, 0.3) is 0 Å². The fraction of sp³-hybridized carbons (Fsp3) is 0.650. The molecule has 0 aromatic heterocycles. The Bertz CT molecular complexity index is 564. The molecule has 0 atom stereocenters. The van der Waals surface area contributed by atoms with Gasteiger partial charge in [0, 0.05) is 30.9 Å². The van der Waals surface area contributed by atoms with Crippen molar-refractivity contribution in [1.82, 2.24) is 10.2 Å². The number of hydrogen-bond donors (Lipinski definition) is 1. The largest absolute Gasteiger partial charge is 0.496 e. The summed E-state index contributed by atoms with van der Waals surface area (Å²) in [6.45, 7) is 4.58. The van der Waals surface area contributed by atoms with Crippen molar-refractivity contribution in [2.45, 2.75) is 44.1 Å². The topological polar surface area (TPSA) is 50.8 Å². The first-order chi connectivity index (χ1) is 12.2. The van der Waals surface area contributed by atoms with Gasteiger partial charge in [-0.3, -0.25) is 9.69 Å². The highest BCUT2D eigenvalue weighted by Gasteiger charge is 2.39. The second-order valence-corrected chi connectivity index (χ2v) is 7.15. The second kappa shape index (κ2) is 8.68. The molecule has 2 saturated heterocycles.